The van der Waals surface area contributed by atoms with Crippen molar-refractivity contribution in [2.24, 2.45) is 5.73 Å². The van der Waals surface area contributed by atoms with Crippen LogP contribution in [0.15, 0.2) is 5.38 Å². The van der Waals surface area contributed by atoms with E-state index in [1.54, 1.807) is 11.3 Å². The molecule has 0 spiro atoms. The average molecular weight is 360 g/mol. The van der Waals surface area contributed by atoms with Crippen molar-refractivity contribution in [1.82, 2.24) is 9.88 Å². The molecule has 1 amide bonds. The Labute approximate surface area is 150 Å². The van der Waals surface area contributed by atoms with Gasteiger partial charge in [-0.3, -0.25) is 4.79 Å². The molecule has 1 aliphatic rings. The molecule has 1 atom stereocenters. The number of halogens is 1. The first kappa shape index (κ1) is 20.4. The van der Waals surface area contributed by atoms with E-state index in [0.29, 0.717) is 5.92 Å². The molecule has 2 heterocycles. The van der Waals surface area contributed by atoms with Crippen LogP contribution in [0.1, 0.15) is 70.0 Å². The molecule has 6 heteroatoms. The molecule has 1 fully saturated rings. The van der Waals surface area contributed by atoms with Crippen LogP contribution in [0.3, 0.4) is 0 Å². The number of carbonyl (C=O) groups excluding carboxylic acids is 1. The number of rotatable bonds is 4. The van der Waals surface area contributed by atoms with Crippen molar-refractivity contribution < 1.29 is 4.79 Å². The molecule has 1 unspecified atom stereocenters. The lowest BCUT2D eigenvalue weighted by atomic mass is 9.93. The van der Waals surface area contributed by atoms with Crippen molar-refractivity contribution in [1.29, 1.82) is 0 Å². The average Bonchev–Trinajstić information content (AvgIpc) is 2.97. The predicted octanol–water partition coefficient (Wildman–Crippen LogP) is 3.70. The topological polar surface area (TPSA) is 59.2 Å². The molecule has 0 bridgehead atoms. The third-order valence-electron chi connectivity index (χ3n) is 4.36. The van der Waals surface area contributed by atoms with Crippen LogP contribution in [0.2, 0.25) is 0 Å². The number of nitrogens with zero attached hydrogens (tertiary/aromatic N) is 2. The normalized spacial score (nSPS) is 17.7. The van der Waals surface area contributed by atoms with Crippen LogP contribution in [0, 0.1) is 0 Å². The molecule has 0 radical (unpaired) electrons. The smallest absolute Gasteiger partial charge is 0.239 e. The van der Waals surface area contributed by atoms with E-state index in [9.17, 15) is 4.79 Å². The summed E-state index contributed by atoms with van der Waals surface area (Å²) in [5.74, 6) is 0.613. The largest absolute Gasteiger partial charge is 0.341 e. The first-order valence-corrected chi connectivity index (χ1v) is 9.21. The minimum Gasteiger partial charge on any atom is -0.341 e. The summed E-state index contributed by atoms with van der Waals surface area (Å²) in [5.41, 5.74) is 7.24. The Kier molecular flexibility index (Phi) is 7.49. The van der Waals surface area contributed by atoms with Gasteiger partial charge in [0.1, 0.15) is 0 Å². The number of amides is 1. The van der Waals surface area contributed by atoms with Crippen LogP contribution in [0.5, 0.6) is 0 Å². The molecule has 1 saturated heterocycles. The molecule has 0 saturated carbocycles. The summed E-state index contributed by atoms with van der Waals surface area (Å²) in [6, 6.07) is -0.325. The van der Waals surface area contributed by atoms with E-state index in [4.69, 9.17) is 10.7 Å². The van der Waals surface area contributed by atoms with Crippen molar-refractivity contribution in [3.63, 3.8) is 0 Å². The number of piperidine rings is 1. The zero-order valence-corrected chi connectivity index (χ0v) is 16.3. The Morgan fingerprint density at radius 3 is 2.52 bits per heavy atom. The van der Waals surface area contributed by atoms with Gasteiger partial charge >= 0.3 is 0 Å². The summed E-state index contributed by atoms with van der Waals surface area (Å²) < 4.78 is 0. The lowest BCUT2D eigenvalue weighted by Gasteiger charge is -2.32. The first-order chi connectivity index (χ1) is 10.3. The molecule has 4 nitrogen and oxygen atoms in total. The van der Waals surface area contributed by atoms with E-state index in [1.807, 2.05) is 4.90 Å². The van der Waals surface area contributed by atoms with Crippen molar-refractivity contribution in [2.75, 3.05) is 13.1 Å². The maximum Gasteiger partial charge on any atom is 0.239 e. The number of aromatic nitrogens is 1. The summed E-state index contributed by atoms with van der Waals surface area (Å²) in [6.07, 6.45) is 3.74. The minimum absolute atomic E-state index is 0. The standard InChI is InChI=1S/C17H29N3OS.ClH/c1-5-6-13(18)16(21)20-9-7-12(8-10-20)15-19-14(11-22-15)17(2,3)4;/h11-13H,5-10,18H2,1-4H3;1H. The molecule has 2 rings (SSSR count). The van der Waals surface area contributed by atoms with Crippen LogP contribution in [0.25, 0.3) is 0 Å². The molecular formula is C17H30ClN3OS. The van der Waals surface area contributed by atoms with Gasteiger partial charge in [-0.2, -0.15) is 0 Å². The molecule has 132 valence electrons. The zero-order chi connectivity index (χ0) is 16.3. The number of thiazole rings is 1. The Hall–Kier alpha value is -0.650. The molecule has 1 aromatic rings. The van der Waals surface area contributed by atoms with Crippen molar-refractivity contribution in [3.8, 4) is 0 Å². The maximum atomic E-state index is 12.3. The summed E-state index contributed by atoms with van der Waals surface area (Å²) in [4.78, 5) is 19.0. The van der Waals surface area contributed by atoms with Gasteiger partial charge in [0, 0.05) is 29.8 Å². The van der Waals surface area contributed by atoms with Gasteiger partial charge < -0.3 is 10.6 Å². The van der Waals surface area contributed by atoms with E-state index in [-0.39, 0.29) is 29.8 Å². The highest BCUT2D eigenvalue weighted by Gasteiger charge is 2.28. The van der Waals surface area contributed by atoms with Crippen LogP contribution in [-0.2, 0) is 10.2 Å². The number of likely N-dealkylation sites (tertiary alicyclic amines) is 1. The van der Waals surface area contributed by atoms with Crippen LogP contribution in [0.4, 0.5) is 0 Å². The fraction of sp³-hybridized carbons (Fsp3) is 0.765. The zero-order valence-electron chi connectivity index (χ0n) is 14.7. The summed E-state index contributed by atoms with van der Waals surface area (Å²) in [5, 5.41) is 3.42. The molecule has 2 N–H and O–H groups in total. The van der Waals surface area contributed by atoms with E-state index in [0.717, 1.165) is 38.8 Å². The summed E-state index contributed by atoms with van der Waals surface area (Å²) in [6.45, 7) is 10.3. The quantitative estimate of drug-likeness (QED) is 0.891. The van der Waals surface area contributed by atoms with Crippen molar-refractivity contribution in [3.05, 3.63) is 16.1 Å². The van der Waals surface area contributed by atoms with Gasteiger partial charge in [-0.15, -0.1) is 23.7 Å². The van der Waals surface area contributed by atoms with Crippen molar-refractivity contribution in [2.45, 2.75) is 70.8 Å². The second-order valence-corrected chi connectivity index (χ2v) is 8.21. The summed E-state index contributed by atoms with van der Waals surface area (Å²) >= 11 is 1.77. The molecule has 1 aliphatic heterocycles. The van der Waals surface area contributed by atoms with Crippen LogP contribution < -0.4 is 5.73 Å². The lowest BCUT2D eigenvalue weighted by molar-refractivity contribution is -0.133. The molecule has 0 aromatic carbocycles. The highest BCUT2D eigenvalue weighted by atomic mass is 35.5. The fourth-order valence-electron chi connectivity index (χ4n) is 2.84. The van der Waals surface area contributed by atoms with Gasteiger partial charge in [-0.25, -0.2) is 4.98 Å². The highest BCUT2D eigenvalue weighted by Crippen LogP contribution is 2.33. The molecule has 1 aromatic heterocycles. The van der Waals surface area contributed by atoms with E-state index in [2.05, 4.69) is 33.1 Å². The third kappa shape index (κ3) is 5.16. The molecule has 23 heavy (non-hydrogen) atoms. The Bertz CT molecular complexity index is 504. The van der Waals surface area contributed by atoms with E-state index < -0.39 is 0 Å². The van der Waals surface area contributed by atoms with Crippen LogP contribution in [-0.4, -0.2) is 34.9 Å². The Morgan fingerprint density at radius 1 is 1.43 bits per heavy atom. The molecule has 0 aliphatic carbocycles. The van der Waals surface area contributed by atoms with Crippen LogP contribution >= 0.6 is 23.7 Å². The van der Waals surface area contributed by atoms with Crippen molar-refractivity contribution >= 4 is 29.7 Å². The minimum atomic E-state index is -0.325. The van der Waals surface area contributed by atoms with Gasteiger partial charge in [-0.1, -0.05) is 34.1 Å². The fourth-order valence-corrected chi connectivity index (χ4v) is 4.05. The Morgan fingerprint density at radius 2 is 2.04 bits per heavy atom. The van der Waals surface area contributed by atoms with Gasteiger partial charge in [0.2, 0.25) is 5.91 Å². The highest BCUT2D eigenvalue weighted by molar-refractivity contribution is 7.09. The van der Waals surface area contributed by atoms with E-state index >= 15 is 0 Å². The number of carbonyl (C=O) groups is 1. The molecular weight excluding hydrogens is 330 g/mol. The SMILES string of the molecule is CCCC(N)C(=O)N1CCC(c2nc(C(C)(C)C)cs2)CC1.Cl. The van der Waals surface area contributed by atoms with Gasteiger partial charge in [0.15, 0.2) is 0 Å². The first-order valence-electron chi connectivity index (χ1n) is 8.33. The number of nitrogens with two attached hydrogens (primary N) is 1. The second kappa shape index (κ2) is 8.45. The third-order valence-corrected chi connectivity index (χ3v) is 5.37. The predicted molar refractivity (Wildman–Crippen MR) is 99.5 cm³/mol. The van der Waals surface area contributed by atoms with E-state index in [1.165, 1.54) is 10.7 Å². The summed E-state index contributed by atoms with van der Waals surface area (Å²) in [7, 11) is 0. The maximum absolute atomic E-state index is 12.3. The van der Waals surface area contributed by atoms with Gasteiger partial charge in [-0.05, 0) is 19.3 Å². The lowest BCUT2D eigenvalue weighted by Crippen LogP contribution is -2.46. The monoisotopic (exact) mass is 359 g/mol. The van der Waals surface area contributed by atoms with Gasteiger partial charge in [0.25, 0.3) is 0 Å². The second-order valence-electron chi connectivity index (χ2n) is 7.32. The van der Waals surface area contributed by atoms with Gasteiger partial charge in [0.05, 0.1) is 16.7 Å². The Balaban J connectivity index is 0.00000264. The number of hydrogen-bond acceptors (Lipinski definition) is 4. The number of hydrogen-bond donors (Lipinski definition) is 1.